The Bertz CT molecular complexity index is 1640. The van der Waals surface area contributed by atoms with Crippen molar-refractivity contribution in [2.75, 3.05) is 38.2 Å². The summed E-state index contributed by atoms with van der Waals surface area (Å²) in [5.41, 5.74) is -0.866. The largest absolute Gasteiger partial charge is 0.450 e. The van der Waals surface area contributed by atoms with Crippen LogP contribution < -0.4 is 10.6 Å². The van der Waals surface area contributed by atoms with Gasteiger partial charge in [0, 0.05) is 38.4 Å². The summed E-state index contributed by atoms with van der Waals surface area (Å²) in [6.45, 7) is 2.48. The number of hydrogen-bond acceptors (Lipinski definition) is 10. The van der Waals surface area contributed by atoms with Crippen molar-refractivity contribution in [3.8, 4) is 0 Å². The molecule has 2 aliphatic rings. The van der Waals surface area contributed by atoms with E-state index in [1.165, 1.54) is 50.2 Å². The lowest BCUT2D eigenvalue weighted by Gasteiger charge is -2.32. The summed E-state index contributed by atoms with van der Waals surface area (Å²) < 4.78 is 80.2. The number of alkyl halides is 1. The molecular formula is C34H46F2N4O8S. The van der Waals surface area contributed by atoms with Crippen molar-refractivity contribution in [3.05, 3.63) is 53.8 Å². The minimum atomic E-state index is -4.39. The van der Waals surface area contributed by atoms with E-state index in [-0.39, 0.29) is 41.9 Å². The number of alkyl carbamates (subject to hydrolysis) is 1. The number of ether oxygens (including phenoxy) is 3. The topological polar surface area (TPSA) is 152 Å². The van der Waals surface area contributed by atoms with Gasteiger partial charge in [0.05, 0.1) is 23.6 Å². The number of halogens is 2. The minimum Gasteiger partial charge on any atom is -0.450 e. The number of nitrogens with zero attached hydrogens (tertiary/aromatic N) is 2. The minimum absolute atomic E-state index is 0.0586. The van der Waals surface area contributed by atoms with Crippen LogP contribution in [0.25, 0.3) is 11.1 Å². The lowest BCUT2D eigenvalue weighted by molar-refractivity contribution is -0.163. The molecule has 2 fully saturated rings. The Balaban J connectivity index is 1.26. The van der Waals surface area contributed by atoms with Crippen LogP contribution >= 0.6 is 0 Å². The maximum atomic E-state index is 15.1. The van der Waals surface area contributed by atoms with E-state index in [0.717, 1.165) is 36.4 Å². The zero-order valence-corrected chi connectivity index (χ0v) is 28.7. The first-order valence-corrected chi connectivity index (χ1v) is 18.2. The zero-order valence-electron chi connectivity index (χ0n) is 27.9. The summed E-state index contributed by atoms with van der Waals surface area (Å²) in [6.07, 6.45) is 3.42. The van der Waals surface area contributed by atoms with Crippen LogP contribution in [-0.2, 0) is 30.7 Å². The highest BCUT2D eigenvalue weighted by atomic mass is 32.2. The summed E-state index contributed by atoms with van der Waals surface area (Å²) >= 11 is 0. The third-order valence-electron chi connectivity index (χ3n) is 8.17. The number of rotatable bonds is 18. The molecule has 3 atom stereocenters. The highest BCUT2D eigenvalue weighted by Crippen LogP contribution is 2.29. The Morgan fingerprint density at radius 1 is 1.14 bits per heavy atom. The van der Waals surface area contributed by atoms with Crippen LogP contribution in [0.1, 0.15) is 64.4 Å². The quantitative estimate of drug-likeness (QED) is 0.149. The molecule has 2 heterocycles. The van der Waals surface area contributed by atoms with Crippen LogP contribution in [-0.4, -0.2) is 92.0 Å². The third kappa shape index (κ3) is 11.3. The number of nitrogens with one attached hydrogen (secondary N) is 2. The first kappa shape index (κ1) is 36.9. The Labute approximate surface area is 285 Å². The molecule has 1 saturated heterocycles. The van der Waals surface area contributed by atoms with Gasteiger partial charge in [-0.15, -0.1) is 0 Å². The number of carbonyl (C=O) groups is 1. The SMILES string of the molecule is CC(C)(F)CN(C[C@@H](O)[C@H](Cc1cccc(F)c1)NC(=O)OCCCCO[C@H]1CCCCO1)S(=O)(=O)c1ccc2nc(NC3CC3)oc2c1. The fourth-order valence-electron chi connectivity index (χ4n) is 5.50. The highest BCUT2D eigenvalue weighted by Gasteiger charge is 2.35. The van der Waals surface area contributed by atoms with Crippen LogP contribution in [0.2, 0.25) is 0 Å². The number of benzene rings is 2. The van der Waals surface area contributed by atoms with Crippen molar-refractivity contribution >= 4 is 33.2 Å². The standard InChI is InChI=1S/C34H46F2N4O8S/c1-34(2,36)22-40(49(43,44)26-13-14-27-30(20-26)48-32(38-27)37-25-11-12-25)21-29(41)28(19-23-8-7-9-24(35)18-23)39-33(42)47-17-6-5-16-46-31-10-3-4-15-45-31/h7-9,13-14,18,20,25,28-29,31,41H,3-6,10-12,15-17,19,21-22H2,1-2H3,(H,37,38)(H,39,42)/t28-,29+,31-/m0/s1. The van der Waals surface area contributed by atoms with E-state index in [2.05, 4.69) is 15.6 Å². The van der Waals surface area contributed by atoms with Gasteiger partial charge in [-0.1, -0.05) is 12.1 Å². The van der Waals surface area contributed by atoms with Crippen molar-refractivity contribution in [1.82, 2.24) is 14.6 Å². The van der Waals surface area contributed by atoms with Crippen molar-refractivity contribution < 1.29 is 45.7 Å². The molecule has 12 nitrogen and oxygen atoms in total. The Hall–Kier alpha value is -3.37. The molecule has 1 aromatic heterocycles. The van der Waals surface area contributed by atoms with Gasteiger partial charge >= 0.3 is 6.09 Å². The molecule has 1 aliphatic carbocycles. The zero-order chi connectivity index (χ0) is 35.0. The van der Waals surface area contributed by atoms with Gasteiger partial charge in [-0.25, -0.2) is 22.0 Å². The van der Waals surface area contributed by atoms with Crippen LogP contribution in [0.4, 0.5) is 19.6 Å². The van der Waals surface area contributed by atoms with Crippen molar-refractivity contribution in [3.63, 3.8) is 0 Å². The van der Waals surface area contributed by atoms with Crippen LogP contribution in [0.3, 0.4) is 0 Å². The fourth-order valence-corrected chi connectivity index (χ4v) is 7.12. The molecule has 0 spiro atoms. The second-order valence-electron chi connectivity index (χ2n) is 13.2. The molecule has 3 aromatic rings. The molecule has 1 amide bonds. The number of carbonyl (C=O) groups excluding carboxylic acids is 1. The lowest BCUT2D eigenvalue weighted by Crippen LogP contribution is -2.52. The molecule has 0 unspecified atom stereocenters. The maximum absolute atomic E-state index is 15.1. The highest BCUT2D eigenvalue weighted by molar-refractivity contribution is 7.89. The third-order valence-corrected chi connectivity index (χ3v) is 9.98. The van der Waals surface area contributed by atoms with Crippen molar-refractivity contribution in [1.29, 1.82) is 0 Å². The van der Waals surface area contributed by atoms with Gasteiger partial charge in [0.15, 0.2) is 11.9 Å². The number of aliphatic hydroxyl groups is 1. The van der Waals surface area contributed by atoms with Gasteiger partial charge in [-0.05, 0) is 95.0 Å². The van der Waals surface area contributed by atoms with E-state index in [9.17, 15) is 22.7 Å². The van der Waals surface area contributed by atoms with E-state index in [1.54, 1.807) is 6.07 Å². The Morgan fingerprint density at radius 3 is 2.65 bits per heavy atom. The number of unbranched alkanes of at least 4 members (excludes halogenated alkanes) is 1. The molecule has 3 N–H and O–H groups in total. The number of amides is 1. The molecule has 1 aliphatic heterocycles. The summed E-state index contributed by atoms with van der Waals surface area (Å²) in [5, 5.41) is 17.2. The number of oxazole rings is 1. The Morgan fingerprint density at radius 2 is 1.94 bits per heavy atom. The van der Waals surface area contributed by atoms with Gasteiger partial charge in [0.25, 0.3) is 6.01 Å². The van der Waals surface area contributed by atoms with Crippen LogP contribution in [0, 0.1) is 5.82 Å². The predicted octanol–water partition coefficient (Wildman–Crippen LogP) is 5.30. The van der Waals surface area contributed by atoms with E-state index in [4.69, 9.17) is 18.6 Å². The van der Waals surface area contributed by atoms with Gasteiger partial charge in [0.2, 0.25) is 10.0 Å². The van der Waals surface area contributed by atoms with E-state index < -0.39 is 52.8 Å². The number of sulfonamides is 1. The smallest absolute Gasteiger partial charge is 0.407 e. The number of fused-ring (bicyclic) bond motifs is 1. The van der Waals surface area contributed by atoms with Gasteiger partial charge < -0.3 is 34.4 Å². The number of aromatic nitrogens is 1. The first-order valence-electron chi connectivity index (χ1n) is 16.8. The summed E-state index contributed by atoms with van der Waals surface area (Å²) in [6, 6.07) is 9.21. The van der Waals surface area contributed by atoms with Gasteiger partial charge in [-0.3, -0.25) is 0 Å². The van der Waals surface area contributed by atoms with E-state index in [1.807, 2.05) is 0 Å². The molecule has 5 rings (SSSR count). The molecule has 1 saturated carbocycles. The molecule has 270 valence electrons. The predicted molar refractivity (Wildman–Crippen MR) is 178 cm³/mol. The second-order valence-corrected chi connectivity index (χ2v) is 15.2. The molecule has 2 aromatic carbocycles. The lowest BCUT2D eigenvalue weighted by atomic mass is 10.0. The molecule has 15 heteroatoms. The molecule has 0 radical (unpaired) electrons. The summed E-state index contributed by atoms with van der Waals surface area (Å²) in [5.74, 6) is -0.518. The molecule has 0 bridgehead atoms. The van der Waals surface area contributed by atoms with E-state index in [0.29, 0.717) is 37.1 Å². The monoisotopic (exact) mass is 708 g/mol. The normalized spacial score (nSPS) is 18.4. The maximum Gasteiger partial charge on any atom is 0.407 e. The van der Waals surface area contributed by atoms with Gasteiger partial charge in [0.1, 0.15) is 17.0 Å². The van der Waals surface area contributed by atoms with Crippen molar-refractivity contribution in [2.45, 2.75) is 100 Å². The molecule has 49 heavy (non-hydrogen) atoms. The Kier molecular flexibility index (Phi) is 12.5. The number of anilines is 1. The van der Waals surface area contributed by atoms with Crippen LogP contribution in [0.15, 0.2) is 51.8 Å². The number of hydrogen-bond donors (Lipinski definition) is 3. The van der Waals surface area contributed by atoms with E-state index >= 15 is 4.39 Å². The van der Waals surface area contributed by atoms with Gasteiger partial charge in [-0.2, -0.15) is 9.29 Å². The summed E-state index contributed by atoms with van der Waals surface area (Å²) in [4.78, 5) is 17.0. The molecular weight excluding hydrogens is 662 g/mol. The second kappa shape index (κ2) is 16.6. The number of aliphatic hydroxyl groups excluding tert-OH is 1. The first-order chi connectivity index (χ1) is 23.4. The van der Waals surface area contributed by atoms with Crippen molar-refractivity contribution in [2.24, 2.45) is 0 Å². The average molecular weight is 709 g/mol. The average Bonchev–Trinajstić information content (AvgIpc) is 3.77. The fraction of sp³-hybridized carbons (Fsp3) is 0.588. The van der Waals surface area contributed by atoms with Crippen LogP contribution in [0.5, 0.6) is 0 Å². The summed E-state index contributed by atoms with van der Waals surface area (Å²) in [7, 11) is -4.39.